The quantitative estimate of drug-likeness (QED) is 0.841. The number of hydrogen-bond acceptors (Lipinski definition) is 2. The molecule has 16 heavy (non-hydrogen) atoms. The van der Waals surface area contributed by atoms with E-state index in [1.807, 2.05) is 13.8 Å². The molecule has 1 aromatic heterocycles. The number of benzene rings is 1. The molecule has 0 radical (unpaired) electrons. The van der Waals surface area contributed by atoms with Gasteiger partial charge in [0.2, 0.25) is 0 Å². The third-order valence-corrected chi connectivity index (χ3v) is 2.73. The van der Waals surface area contributed by atoms with Crippen LogP contribution in [0.15, 0.2) is 24.5 Å². The molecule has 0 amide bonds. The van der Waals surface area contributed by atoms with Gasteiger partial charge in [-0.25, -0.2) is 9.37 Å². The summed E-state index contributed by atoms with van der Waals surface area (Å²) in [5.41, 5.74) is 2.66. The molecular weight excluding hydrogens is 207 g/mol. The Balaban J connectivity index is 2.68. The van der Waals surface area contributed by atoms with Gasteiger partial charge in [-0.15, -0.1) is 0 Å². The Morgan fingerprint density at radius 2 is 2.12 bits per heavy atom. The van der Waals surface area contributed by atoms with Gasteiger partial charge in [-0.1, -0.05) is 12.1 Å². The van der Waals surface area contributed by atoms with Gasteiger partial charge in [0.05, 0.1) is 24.3 Å². The van der Waals surface area contributed by atoms with Crippen LogP contribution in [0, 0.1) is 19.7 Å². The lowest BCUT2D eigenvalue weighted by Crippen LogP contribution is -2.03. The van der Waals surface area contributed by atoms with E-state index < -0.39 is 0 Å². The van der Waals surface area contributed by atoms with Gasteiger partial charge in [0.15, 0.2) is 0 Å². The van der Waals surface area contributed by atoms with E-state index in [0.29, 0.717) is 11.3 Å². The van der Waals surface area contributed by atoms with Crippen LogP contribution in [0.3, 0.4) is 0 Å². The van der Waals surface area contributed by atoms with Crippen LogP contribution in [0.4, 0.5) is 4.39 Å². The fraction of sp³-hybridized carbons (Fsp3) is 0.250. The van der Waals surface area contributed by atoms with Crippen LogP contribution in [-0.2, 0) is 6.61 Å². The molecule has 2 aromatic rings. The number of halogens is 1. The summed E-state index contributed by atoms with van der Waals surface area (Å²) in [6.45, 7) is 3.55. The molecule has 84 valence electrons. The Bertz CT molecular complexity index is 520. The van der Waals surface area contributed by atoms with E-state index >= 15 is 0 Å². The first-order valence-electron chi connectivity index (χ1n) is 5.04. The molecule has 0 fully saturated rings. The van der Waals surface area contributed by atoms with E-state index in [9.17, 15) is 9.50 Å². The average molecular weight is 220 g/mol. The highest BCUT2D eigenvalue weighted by Crippen LogP contribution is 2.21. The number of para-hydroxylation sites is 1. The maximum Gasteiger partial charge on any atom is 0.147 e. The Hall–Kier alpha value is -1.68. The minimum atomic E-state index is -0.355. The lowest BCUT2D eigenvalue weighted by atomic mass is 10.1. The van der Waals surface area contributed by atoms with Crippen LogP contribution in [0.5, 0.6) is 0 Å². The highest BCUT2D eigenvalue weighted by atomic mass is 19.1. The van der Waals surface area contributed by atoms with Crippen molar-refractivity contribution in [3.63, 3.8) is 0 Å². The summed E-state index contributed by atoms with van der Waals surface area (Å²) in [6.07, 6.45) is 1.57. The molecule has 1 heterocycles. The van der Waals surface area contributed by atoms with Crippen molar-refractivity contribution in [1.82, 2.24) is 9.55 Å². The van der Waals surface area contributed by atoms with Gasteiger partial charge in [-0.3, -0.25) is 0 Å². The van der Waals surface area contributed by atoms with E-state index in [0.717, 1.165) is 11.4 Å². The Morgan fingerprint density at radius 1 is 1.38 bits per heavy atom. The standard InChI is InChI=1S/C12H13FN2O/c1-8-9(2)15(7-14-8)12-10(6-16)4-3-5-11(12)13/h3-5,7,16H,6H2,1-2H3. The molecule has 0 saturated carbocycles. The molecule has 3 nitrogen and oxygen atoms in total. The third kappa shape index (κ3) is 1.61. The Morgan fingerprint density at radius 3 is 2.69 bits per heavy atom. The topological polar surface area (TPSA) is 38.0 Å². The van der Waals surface area contributed by atoms with Crippen LogP contribution < -0.4 is 0 Å². The monoisotopic (exact) mass is 220 g/mol. The van der Waals surface area contributed by atoms with E-state index in [-0.39, 0.29) is 12.4 Å². The van der Waals surface area contributed by atoms with Gasteiger partial charge in [0, 0.05) is 11.3 Å². The highest BCUT2D eigenvalue weighted by molar-refractivity contribution is 5.44. The smallest absolute Gasteiger partial charge is 0.147 e. The van der Waals surface area contributed by atoms with Crippen molar-refractivity contribution >= 4 is 0 Å². The lowest BCUT2D eigenvalue weighted by Gasteiger charge is -2.11. The molecular formula is C12H13FN2O. The number of rotatable bonds is 2. The summed E-state index contributed by atoms with van der Waals surface area (Å²) >= 11 is 0. The second-order valence-electron chi connectivity index (χ2n) is 3.69. The normalized spacial score (nSPS) is 10.8. The molecule has 0 unspecified atom stereocenters. The minimum absolute atomic E-state index is 0.191. The number of aromatic nitrogens is 2. The van der Waals surface area contributed by atoms with Crippen molar-refractivity contribution in [3.05, 3.63) is 47.3 Å². The van der Waals surface area contributed by atoms with Crippen molar-refractivity contribution < 1.29 is 9.50 Å². The second kappa shape index (κ2) is 4.06. The minimum Gasteiger partial charge on any atom is -0.392 e. The number of aliphatic hydroxyl groups excluding tert-OH is 1. The van der Waals surface area contributed by atoms with E-state index in [1.165, 1.54) is 6.07 Å². The molecule has 0 aliphatic heterocycles. The number of aliphatic hydroxyl groups is 1. The summed E-state index contributed by atoms with van der Waals surface area (Å²) in [6, 6.07) is 4.67. The molecule has 0 aliphatic carbocycles. The van der Waals surface area contributed by atoms with Gasteiger partial charge in [-0.2, -0.15) is 0 Å². The fourth-order valence-corrected chi connectivity index (χ4v) is 1.68. The van der Waals surface area contributed by atoms with Crippen LogP contribution in [0.25, 0.3) is 5.69 Å². The molecule has 0 aliphatic rings. The van der Waals surface area contributed by atoms with Crippen LogP contribution in [-0.4, -0.2) is 14.7 Å². The number of nitrogens with zero attached hydrogens (tertiary/aromatic N) is 2. The van der Waals surface area contributed by atoms with Crippen LogP contribution >= 0.6 is 0 Å². The number of aryl methyl sites for hydroxylation is 1. The SMILES string of the molecule is Cc1ncn(-c2c(F)cccc2CO)c1C. The van der Waals surface area contributed by atoms with E-state index in [1.54, 1.807) is 23.0 Å². The molecule has 0 atom stereocenters. The van der Waals surface area contributed by atoms with Crippen molar-refractivity contribution in [2.75, 3.05) is 0 Å². The van der Waals surface area contributed by atoms with Gasteiger partial charge in [0.1, 0.15) is 5.82 Å². The highest BCUT2D eigenvalue weighted by Gasteiger charge is 2.12. The van der Waals surface area contributed by atoms with E-state index in [4.69, 9.17) is 0 Å². The largest absolute Gasteiger partial charge is 0.392 e. The summed E-state index contributed by atoms with van der Waals surface area (Å²) < 4.78 is 15.4. The van der Waals surface area contributed by atoms with Crippen molar-refractivity contribution in [2.24, 2.45) is 0 Å². The number of hydrogen-bond donors (Lipinski definition) is 1. The maximum atomic E-state index is 13.8. The molecule has 0 spiro atoms. The van der Waals surface area contributed by atoms with Crippen molar-refractivity contribution in [1.29, 1.82) is 0 Å². The Kier molecular flexibility index (Phi) is 2.75. The maximum absolute atomic E-state index is 13.8. The zero-order chi connectivity index (χ0) is 11.7. The van der Waals surface area contributed by atoms with Crippen molar-refractivity contribution in [3.8, 4) is 5.69 Å². The van der Waals surface area contributed by atoms with E-state index in [2.05, 4.69) is 4.98 Å². The van der Waals surface area contributed by atoms with Gasteiger partial charge >= 0.3 is 0 Å². The average Bonchev–Trinajstić information content (AvgIpc) is 2.60. The third-order valence-electron chi connectivity index (χ3n) is 2.73. The number of imidazole rings is 1. The summed E-state index contributed by atoms with van der Waals surface area (Å²) in [5.74, 6) is -0.355. The summed E-state index contributed by atoms with van der Waals surface area (Å²) in [7, 11) is 0. The predicted molar refractivity (Wildman–Crippen MR) is 58.9 cm³/mol. The lowest BCUT2D eigenvalue weighted by molar-refractivity contribution is 0.281. The predicted octanol–water partition coefficient (Wildman–Crippen LogP) is 2.12. The van der Waals surface area contributed by atoms with Gasteiger partial charge in [0.25, 0.3) is 0 Å². The molecule has 1 N–H and O–H groups in total. The fourth-order valence-electron chi connectivity index (χ4n) is 1.68. The first kappa shape index (κ1) is 10.8. The zero-order valence-electron chi connectivity index (χ0n) is 9.24. The summed E-state index contributed by atoms with van der Waals surface area (Å²) in [4.78, 5) is 4.12. The summed E-state index contributed by atoms with van der Waals surface area (Å²) in [5, 5.41) is 9.20. The molecule has 0 saturated heterocycles. The molecule has 2 rings (SSSR count). The van der Waals surface area contributed by atoms with Gasteiger partial charge < -0.3 is 9.67 Å². The molecule has 0 bridgehead atoms. The molecule has 4 heteroatoms. The van der Waals surface area contributed by atoms with Crippen LogP contribution in [0.1, 0.15) is 17.0 Å². The van der Waals surface area contributed by atoms with Crippen LogP contribution in [0.2, 0.25) is 0 Å². The first-order chi connectivity index (χ1) is 7.65. The van der Waals surface area contributed by atoms with Crippen molar-refractivity contribution in [2.45, 2.75) is 20.5 Å². The van der Waals surface area contributed by atoms with Gasteiger partial charge in [-0.05, 0) is 19.9 Å². The zero-order valence-corrected chi connectivity index (χ0v) is 9.24. The first-order valence-corrected chi connectivity index (χ1v) is 5.04. The second-order valence-corrected chi connectivity index (χ2v) is 3.69. The molecule has 1 aromatic carbocycles. The Labute approximate surface area is 93.2 Å².